The summed E-state index contributed by atoms with van der Waals surface area (Å²) < 4.78 is 18.1. The van der Waals surface area contributed by atoms with Crippen LogP contribution in [0.2, 0.25) is 0 Å². The van der Waals surface area contributed by atoms with Gasteiger partial charge in [0.15, 0.2) is 0 Å². The van der Waals surface area contributed by atoms with Gasteiger partial charge in [-0.15, -0.1) is 0 Å². The van der Waals surface area contributed by atoms with Crippen molar-refractivity contribution < 1.29 is 19.0 Å². The molecule has 0 saturated heterocycles. The molecule has 0 heterocycles. The highest BCUT2D eigenvalue weighted by molar-refractivity contribution is 9.10. The number of benzene rings is 2. The van der Waals surface area contributed by atoms with Gasteiger partial charge < -0.3 is 14.2 Å². The van der Waals surface area contributed by atoms with Crippen LogP contribution in [-0.2, 0) is 17.8 Å². The Hall–Kier alpha value is -2.01. The number of ether oxygens (including phenoxy) is 3. The van der Waals surface area contributed by atoms with Crippen molar-refractivity contribution in [1.29, 1.82) is 0 Å². The van der Waals surface area contributed by atoms with E-state index in [9.17, 15) is 4.79 Å². The molecular formula is C21H25BrO4. The van der Waals surface area contributed by atoms with E-state index < -0.39 is 0 Å². The molecular weight excluding hydrogens is 396 g/mol. The maximum Gasteiger partial charge on any atom is 0.310 e. The molecule has 0 aromatic heterocycles. The van der Waals surface area contributed by atoms with Gasteiger partial charge >= 0.3 is 5.97 Å². The Labute approximate surface area is 163 Å². The molecule has 2 aromatic carbocycles. The minimum Gasteiger partial charge on any atom is -0.493 e. The monoisotopic (exact) mass is 420 g/mol. The molecule has 0 bridgehead atoms. The molecule has 26 heavy (non-hydrogen) atoms. The van der Waals surface area contributed by atoms with Crippen LogP contribution in [0.5, 0.6) is 17.2 Å². The van der Waals surface area contributed by atoms with Crippen molar-refractivity contribution in [3.05, 3.63) is 51.5 Å². The van der Waals surface area contributed by atoms with E-state index in [1.807, 2.05) is 25.1 Å². The quantitative estimate of drug-likeness (QED) is 0.410. The lowest BCUT2D eigenvalue weighted by molar-refractivity contribution is -0.134. The van der Waals surface area contributed by atoms with E-state index >= 15 is 0 Å². The van der Waals surface area contributed by atoms with Gasteiger partial charge in [-0.25, -0.2) is 0 Å². The third-order valence-electron chi connectivity index (χ3n) is 4.05. The maximum atomic E-state index is 11.7. The van der Waals surface area contributed by atoms with E-state index in [-0.39, 0.29) is 12.6 Å². The van der Waals surface area contributed by atoms with Crippen molar-refractivity contribution in [3.63, 3.8) is 0 Å². The lowest BCUT2D eigenvalue weighted by atomic mass is 10.1. The molecule has 0 aliphatic carbocycles. The van der Waals surface area contributed by atoms with Crippen molar-refractivity contribution in [2.75, 3.05) is 6.61 Å². The van der Waals surface area contributed by atoms with Crippen molar-refractivity contribution >= 4 is 21.9 Å². The molecule has 0 saturated carbocycles. The van der Waals surface area contributed by atoms with Gasteiger partial charge in [-0.05, 0) is 71.6 Å². The van der Waals surface area contributed by atoms with Crippen LogP contribution in [0.3, 0.4) is 0 Å². The zero-order valence-electron chi connectivity index (χ0n) is 15.7. The maximum absolute atomic E-state index is 11.7. The highest BCUT2D eigenvalue weighted by Gasteiger charge is 2.15. The molecule has 4 nitrogen and oxygen atoms in total. The summed E-state index contributed by atoms with van der Waals surface area (Å²) in [6, 6.07) is 9.52. The van der Waals surface area contributed by atoms with E-state index in [4.69, 9.17) is 14.2 Å². The molecule has 0 N–H and O–H groups in total. The lowest BCUT2D eigenvalue weighted by Crippen LogP contribution is -2.10. The van der Waals surface area contributed by atoms with Gasteiger partial charge in [-0.2, -0.15) is 0 Å². The van der Waals surface area contributed by atoms with E-state index in [0.717, 1.165) is 22.2 Å². The van der Waals surface area contributed by atoms with Crippen LogP contribution in [0.15, 0.2) is 34.8 Å². The van der Waals surface area contributed by atoms with Crippen LogP contribution in [0.25, 0.3) is 0 Å². The number of rotatable bonds is 8. The smallest absolute Gasteiger partial charge is 0.310 e. The van der Waals surface area contributed by atoms with Crippen molar-refractivity contribution in [2.24, 2.45) is 0 Å². The van der Waals surface area contributed by atoms with Gasteiger partial charge in [0.2, 0.25) is 0 Å². The average Bonchev–Trinajstić information content (AvgIpc) is 2.63. The molecule has 5 heteroatoms. The summed E-state index contributed by atoms with van der Waals surface area (Å²) in [5.74, 6) is 1.59. The second-order valence-corrected chi connectivity index (χ2v) is 6.70. The van der Waals surface area contributed by atoms with Gasteiger partial charge in [0, 0.05) is 6.42 Å². The minimum absolute atomic E-state index is 0.242. The fourth-order valence-corrected chi connectivity index (χ4v) is 3.11. The van der Waals surface area contributed by atoms with Crippen molar-refractivity contribution in [1.82, 2.24) is 0 Å². The Kier molecular flexibility index (Phi) is 7.51. The second-order valence-electron chi connectivity index (χ2n) is 5.84. The summed E-state index contributed by atoms with van der Waals surface area (Å²) in [5.41, 5.74) is 3.18. The average molecular weight is 421 g/mol. The fourth-order valence-electron chi connectivity index (χ4n) is 2.61. The summed E-state index contributed by atoms with van der Waals surface area (Å²) >= 11 is 3.57. The lowest BCUT2D eigenvalue weighted by Gasteiger charge is -2.17. The van der Waals surface area contributed by atoms with Crippen LogP contribution < -0.4 is 14.2 Å². The largest absolute Gasteiger partial charge is 0.493 e. The summed E-state index contributed by atoms with van der Waals surface area (Å²) in [5, 5.41) is 0. The van der Waals surface area contributed by atoms with E-state index in [2.05, 4.69) is 35.8 Å². The molecule has 140 valence electrons. The van der Waals surface area contributed by atoms with Crippen LogP contribution >= 0.6 is 15.9 Å². The van der Waals surface area contributed by atoms with Gasteiger partial charge in [-0.1, -0.05) is 19.9 Å². The molecule has 0 unspecified atom stereocenters. The third kappa shape index (κ3) is 5.01. The molecule has 0 atom stereocenters. The van der Waals surface area contributed by atoms with Crippen molar-refractivity contribution in [2.45, 2.75) is 47.1 Å². The molecule has 0 radical (unpaired) electrons. The summed E-state index contributed by atoms with van der Waals surface area (Å²) in [6.45, 7) is 8.64. The Bertz CT molecular complexity index is 771. The molecule has 0 amide bonds. The fraction of sp³-hybridized carbons (Fsp3) is 0.381. The van der Waals surface area contributed by atoms with Crippen LogP contribution in [0.1, 0.15) is 43.9 Å². The predicted molar refractivity (Wildman–Crippen MR) is 106 cm³/mol. The van der Waals surface area contributed by atoms with Gasteiger partial charge in [-0.3, -0.25) is 4.79 Å². The van der Waals surface area contributed by atoms with Gasteiger partial charge in [0.05, 0.1) is 16.6 Å². The zero-order chi connectivity index (χ0) is 19.1. The van der Waals surface area contributed by atoms with E-state index in [1.165, 1.54) is 11.1 Å². The highest BCUT2D eigenvalue weighted by Crippen LogP contribution is 2.33. The molecule has 0 fully saturated rings. The SMILES string of the molecule is CCOc1cccc(OC(=O)CC)c1COc1cc(C)c(CC)cc1Br. The molecule has 0 aliphatic heterocycles. The van der Waals surface area contributed by atoms with Gasteiger partial charge in [0.1, 0.15) is 23.9 Å². The first-order valence-electron chi connectivity index (χ1n) is 8.87. The second kappa shape index (κ2) is 9.62. The first-order chi connectivity index (χ1) is 12.5. The molecule has 0 spiro atoms. The molecule has 0 aliphatic rings. The number of carbonyl (C=O) groups is 1. The summed E-state index contributed by atoms with van der Waals surface area (Å²) in [6.07, 6.45) is 1.28. The Morgan fingerprint density at radius 2 is 1.77 bits per heavy atom. The Balaban J connectivity index is 2.30. The number of aryl methyl sites for hydroxylation is 2. The third-order valence-corrected chi connectivity index (χ3v) is 4.67. The van der Waals surface area contributed by atoms with Crippen LogP contribution in [0, 0.1) is 6.92 Å². The van der Waals surface area contributed by atoms with Crippen molar-refractivity contribution in [3.8, 4) is 17.2 Å². The topological polar surface area (TPSA) is 44.8 Å². The number of hydrogen-bond donors (Lipinski definition) is 0. The first-order valence-corrected chi connectivity index (χ1v) is 9.66. The Morgan fingerprint density at radius 3 is 2.42 bits per heavy atom. The first kappa shape index (κ1) is 20.3. The normalized spacial score (nSPS) is 10.5. The number of hydrogen-bond acceptors (Lipinski definition) is 4. The van der Waals surface area contributed by atoms with Gasteiger partial charge in [0.25, 0.3) is 0 Å². The summed E-state index contributed by atoms with van der Waals surface area (Å²) in [4.78, 5) is 11.7. The standard InChI is InChI=1S/C21H25BrO4/c1-5-15-12-17(22)20(11-14(15)4)25-13-16-18(24-7-3)9-8-10-19(16)26-21(23)6-2/h8-12H,5-7,13H2,1-4H3. The molecule has 2 rings (SSSR count). The number of halogens is 1. The minimum atomic E-state index is -0.288. The van der Waals surface area contributed by atoms with Crippen LogP contribution in [-0.4, -0.2) is 12.6 Å². The number of esters is 1. The van der Waals surface area contributed by atoms with E-state index in [1.54, 1.807) is 13.0 Å². The number of carbonyl (C=O) groups excluding carboxylic acids is 1. The molecule has 2 aromatic rings. The zero-order valence-corrected chi connectivity index (χ0v) is 17.3. The Morgan fingerprint density at radius 1 is 1.04 bits per heavy atom. The van der Waals surface area contributed by atoms with Crippen LogP contribution in [0.4, 0.5) is 0 Å². The predicted octanol–water partition coefficient (Wildman–Crippen LogP) is 5.61. The summed E-state index contributed by atoms with van der Waals surface area (Å²) in [7, 11) is 0. The van der Waals surface area contributed by atoms with E-state index in [0.29, 0.717) is 24.5 Å². The highest BCUT2D eigenvalue weighted by atomic mass is 79.9.